The molecule has 0 saturated carbocycles. The van der Waals surface area contributed by atoms with Crippen LogP contribution in [0, 0.1) is 0 Å². The minimum Gasteiger partial charge on any atom is -0.444 e. The molecule has 0 atom stereocenters. The van der Waals surface area contributed by atoms with E-state index in [9.17, 15) is 4.79 Å². The molecule has 0 aliphatic rings. The molecule has 1 heterocycles. The van der Waals surface area contributed by atoms with Crippen LogP contribution < -0.4 is 5.32 Å². The van der Waals surface area contributed by atoms with Crippen LogP contribution in [0.4, 0.5) is 4.79 Å². The zero-order chi connectivity index (χ0) is 14.5. The topological polar surface area (TPSA) is 64.1 Å². The van der Waals surface area contributed by atoms with Crippen molar-refractivity contribution in [3.63, 3.8) is 0 Å². The fraction of sp³-hybridized carbons (Fsp3) is 0.545. The van der Waals surface area contributed by atoms with Crippen molar-refractivity contribution in [2.24, 2.45) is 0 Å². The van der Waals surface area contributed by atoms with Crippen molar-refractivity contribution in [2.45, 2.75) is 31.4 Å². The van der Waals surface area contributed by atoms with E-state index in [1.165, 1.54) is 11.8 Å². The van der Waals surface area contributed by atoms with Crippen molar-refractivity contribution in [1.29, 1.82) is 0 Å². The van der Waals surface area contributed by atoms with Gasteiger partial charge >= 0.3 is 6.09 Å². The van der Waals surface area contributed by atoms with E-state index in [1.807, 2.05) is 20.8 Å². The number of rotatable bonds is 4. The Hall–Kier alpha value is -0.720. The van der Waals surface area contributed by atoms with Gasteiger partial charge in [-0.25, -0.2) is 14.8 Å². The third-order valence-electron chi connectivity index (χ3n) is 1.66. The van der Waals surface area contributed by atoms with Crippen LogP contribution in [0.5, 0.6) is 0 Å². The molecule has 1 aromatic heterocycles. The highest BCUT2D eigenvalue weighted by molar-refractivity contribution is 7.99. The van der Waals surface area contributed by atoms with Gasteiger partial charge in [-0.15, -0.1) is 11.8 Å². The number of aromatic nitrogens is 2. The van der Waals surface area contributed by atoms with Gasteiger partial charge in [-0.1, -0.05) is 11.6 Å². The lowest BCUT2D eigenvalue weighted by Gasteiger charge is -2.19. The van der Waals surface area contributed by atoms with E-state index in [0.717, 1.165) is 0 Å². The maximum absolute atomic E-state index is 11.4. The molecule has 19 heavy (non-hydrogen) atoms. The summed E-state index contributed by atoms with van der Waals surface area (Å²) in [5.41, 5.74) is -0.495. The number of alkyl carbamates (subject to hydrolysis) is 1. The Labute approximate surface area is 126 Å². The molecule has 0 saturated heterocycles. The van der Waals surface area contributed by atoms with Crippen molar-refractivity contribution < 1.29 is 9.53 Å². The van der Waals surface area contributed by atoms with Gasteiger partial charge in [0.2, 0.25) is 5.28 Å². The number of thioether (sulfide) groups is 1. The summed E-state index contributed by atoms with van der Waals surface area (Å²) in [6.07, 6.45) is -0.438. The number of amides is 1. The minimum atomic E-state index is -0.495. The summed E-state index contributed by atoms with van der Waals surface area (Å²) in [6.45, 7) is 5.89. The van der Waals surface area contributed by atoms with Crippen LogP contribution in [0.15, 0.2) is 11.1 Å². The minimum absolute atomic E-state index is 0.107. The van der Waals surface area contributed by atoms with Crippen LogP contribution in [-0.4, -0.2) is 34.0 Å². The maximum Gasteiger partial charge on any atom is 0.407 e. The smallest absolute Gasteiger partial charge is 0.407 e. The summed E-state index contributed by atoms with van der Waals surface area (Å²) >= 11 is 12.8. The summed E-state index contributed by atoms with van der Waals surface area (Å²) in [5, 5.41) is 3.71. The molecule has 8 heteroatoms. The van der Waals surface area contributed by atoms with E-state index in [-0.39, 0.29) is 5.28 Å². The fourth-order valence-corrected chi connectivity index (χ4v) is 2.35. The molecule has 0 aliphatic heterocycles. The van der Waals surface area contributed by atoms with Crippen LogP contribution in [0.1, 0.15) is 20.8 Å². The van der Waals surface area contributed by atoms with Crippen molar-refractivity contribution in [3.05, 3.63) is 16.5 Å². The molecule has 1 rings (SSSR count). The Kier molecular flexibility index (Phi) is 6.16. The van der Waals surface area contributed by atoms with Crippen molar-refractivity contribution >= 4 is 41.1 Å². The molecule has 0 bridgehead atoms. The number of ether oxygens (including phenoxy) is 1. The second kappa shape index (κ2) is 7.17. The second-order valence-electron chi connectivity index (χ2n) is 4.58. The van der Waals surface area contributed by atoms with Gasteiger partial charge in [-0.05, 0) is 32.4 Å². The largest absolute Gasteiger partial charge is 0.444 e. The Balaban J connectivity index is 2.29. The molecular formula is C11H15Cl2N3O2S. The van der Waals surface area contributed by atoms with Gasteiger partial charge in [-0.2, -0.15) is 0 Å². The molecule has 0 fully saturated rings. The standard InChI is InChI=1S/C11H15Cl2N3O2S/c1-11(2,3)18-10(17)14-4-5-19-8-6-7(12)15-9(13)16-8/h6H,4-5H2,1-3H3,(H,14,17). The first-order chi connectivity index (χ1) is 8.76. The Morgan fingerprint density at radius 2 is 2.11 bits per heavy atom. The Morgan fingerprint density at radius 1 is 1.42 bits per heavy atom. The maximum atomic E-state index is 11.4. The van der Waals surface area contributed by atoms with E-state index in [2.05, 4.69) is 15.3 Å². The lowest BCUT2D eigenvalue weighted by atomic mass is 10.2. The van der Waals surface area contributed by atoms with Crippen molar-refractivity contribution in [2.75, 3.05) is 12.3 Å². The lowest BCUT2D eigenvalue weighted by molar-refractivity contribution is 0.0531. The number of nitrogens with one attached hydrogen (secondary N) is 1. The molecule has 0 aromatic carbocycles. The van der Waals surface area contributed by atoms with Gasteiger partial charge < -0.3 is 10.1 Å². The summed E-state index contributed by atoms with van der Waals surface area (Å²) < 4.78 is 5.10. The van der Waals surface area contributed by atoms with E-state index < -0.39 is 11.7 Å². The Morgan fingerprint density at radius 3 is 2.68 bits per heavy atom. The number of nitrogens with zero attached hydrogens (tertiary/aromatic N) is 2. The number of hydrogen-bond donors (Lipinski definition) is 1. The van der Waals surface area contributed by atoms with Crippen LogP contribution in [0.2, 0.25) is 10.4 Å². The number of carbonyl (C=O) groups is 1. The first kappa shape index (κ1) is 16.3. The van der Waals surface area contributed by atoms with Crippen LogP contribution in [-0.2, 0) is 4.74 Å². The average molecular weight is 324 g/mol. The van der Waals surface area contributed by atoms with Crippen molar-refractivity contribution in [1.82, 2.24) is 15.3 Å². The average Bonchev–Trinajstić information content (AvgIpc) is 2.20. The van der Waals surface area contributed by atoms with Gasteiger partial charge in [0, 0.05) is 18.4 Å². The Bertz CT molecular complexity index is 432. The highest BCUT2D eigenvalue weighted by Crippen LogP contribution is 2.19. The summed E-state index contributed by atoms with van der Waals surface area (Å²) in [4.78, 5) is 19.1. The monoisotopic (exact) mass is 323 g/mol. The molecule has 1 N–H and O–H groups in total. The molecule has 1 amide bonds. The highest BCUT2D eigenvalue weighted by Gasteiger charge is 2.15. The lowest BCUT2D eigenvalue weighted by Crippen LogP contribution is -2.33. The third kappa shape index (κ3) is 7.44. The molecular weight excluding hydrogens is 309 g/mol. The first-order valence-corrected chi connectivity index (χ1v) is 7.30. The van der Waals surface area contributed by atoms with E-state index in [0.29, 0.717) is 22.5 Å². The summed E-state index contributed by atoms with van der Waals surface area (Å²) in [6, 6.07) is 1.62. The van der Waals surface area contributed by atoms with Crippen molar-refractivity contribution in [3.8, 4) is 0 Å². The first-order valence-electron chi connectivity index (χ1n) is 5.56. The predicted molar refractivity (Wildman–Crippen MR) is 77.0 cm³/mol. The zero-order valence-electron chi connectivity index (χ0n) is 10.9. The van der Waals surface area contributed by atoms with Gasteiger partial charge in [0.1, 0.15) is 15.8 Å². The van der Waals surface area contributed by atoms with E-state index in [1.54, 1.807) is 6.07 Å². The molecule has 106 valence electrons. The molecule has 0 unspecified atom stereocenters. The number of hydrogen-bond acceptors (Lipinski definition) is 5. The third-order valence-corrected chi connectivity index (χ3v) is 2.94. The highest BCUT2D eigenvalue weighted by atomic mass is 35.5. The second-order valence-corrected chi connectivity index (χ2v) is 6.42. The number of carbonyl (C=O) groups excluding carboxylic acids is 1. The summed E-state index contributed by atoms with van der Waals surface area (Å²) in [7, 11) is 0. The van der Waals surface area contributed by atoms with E-state index in [4.69, 9.17) is 27.9 Å². The van der Waals surface area contributed by atoms with Crippen LogP contribution in [0.3, 0.4) is 0 Å². The van der Waals surface area contributed by atoms with Gasteiger partial charge in [-0.3, -0.25) is 0 Å². The molecule has 1 aromatic rings. The van der Waals surface area contributed by atoms with Gasteiger partial charge in [0.05, 0.1) is 0 Å². The van der Waals surface area contributed by atoms with Gasteiger partial charge in [0.25, 0.3) is 0 Å². The van der Waals surface area contributed by atoms with Crippen LogP contribution >= 0.6 is 35.0 Å². The normalized spacial score (nSPS) is 11.2. The summed E-state index contributed by atoms with van der Waals surface area (Å²) in [5.74, 6) is 0.628. The zero-order valence-corrected chi connectivity index (χ0v) is 13.2. The van der Waals surface area contributed by atoms with Gasteiger partial charge in [0.15, 0.2) is 0 Å². The fourth-order valence-electron chi connectivity index (χ4n) is 1.07. The molecule has 0 spiro atoms. The molecule has 0 radical (unpaired) electrons. The molecule has 5 nitrogen and oxygen atoms in total. The number of halogens is 2. The molecule has 0 aliphatic carbocycles. The predicted octanol–water partition coefficient (Wildman–Crippen LogP) is 3.40. The quantitative estimate of drug-likeness (QED) is 0.398. The SMILES string of the molecule is CC(C)(C)OC(=O)NCCSc1cc(Cl)nc(Cl)n1. The van der Waals surface area contributed by atoms with Crippen LogP contribution in [0.25, 0.3) is 0 Å². The van der Waals surface area contributed by atoms with E-state index >= 15 is 0 Å².